The first-order chi connectivity index (χ1) is 7.65. The molecule has 0 fully saturated rings. The predicted molar refractivity (Wildman–Crippen MR) is 64.2 cm³/mol. The van der Waals surface area contributed by atoms with Crippen LogP contribution in [0.1, 0.15) is 25.5 Å². The van der Waals surface area contributed by atoms with Crippen molar-refractivity contribution in [3.8, 4) is 0 Å². The van der Waals surface area contributed by atoms with Gasteiger partial charge in [-0.2, -0.15) is 0 Å². The third-order valence-electron chi connectivity index (χ3n) is 2.43. The van der Waals surface area contributed by atoms with Crippen molar-refractivity contribution in [2.75, 3.05) is 6.54 Å². The van der Waals surface area contributed by atoms with Crippen LogP contribution in [0, 0.1) is 5.92 Å². The highest BCUT2D eigenvalue weighted by molar-refractivity contribution is 7.07. The summed E-state index contributed by atoms with van der Waals surface area (Å²) < 4.78 is 0. The second-order valence-electron chi connectivity index (χ2n) is 3.66. The number of thiazole rings is 1. The van der Waals surface area contributed by atoms with E-state index >= 15 is 0 Å². The summed E-state index contributed by atoms with van der Waals surface area (Å²) in [7, 11) is 0. The van der Waals surface area contributed by atoms with E-state index in [9.17, 15) is 9.59 Å². The first kappa shape index (κ1) is 12.9. The lowest BCUT2D eigenvalue weighted by Crippen LogP contribution is -2.27. The van der Waals surface area contributed by atoms with Gasteiger partial charge >= 0.3 is 4.87 Å². The lowest BCUT2D eigenvalue weighted by molar-refractivity contribution is -0.122. The van der Waals surface area contributed by atoms with Crippen molar-refractivity contribution in [2.45, 2.75) is 26.3 Å². The summed E-state index contributed by atoms with van der Waals surface area (Å²) in [6.45, 7) is 2.92. The number of carbonyl (C=O) groups is 1. The van der Waals surface area contributed by atoms with Gasteiger partial charge < -0.3 is 16.0 Å². The number of aromatic nitrogens is 1. The van der Waals surface area contributed by atoms with Gasteiger partial charge in [0, 0.05) is 17.5 Å². The average molecular weight is 243 g/mol. The van der Waals surface area contributed by atoms with E-state index in [2.05, 4.69) is 10.3 Å². The van der Waals surface area contributed by atoms with Gasteiger partial charge in [-0.3, -0.25) is 9.59 Å². The number of hydrogen-bond donors (Lipinski definition) is 3. The molecule has 0 saturated heterocycles. The molecule has 0 aliphatic rings. The van der Waals surface area contributed by atoms with Crippen LogP contribution in [0.25, 0.3) is 0 Å². The van der Waals surface area contributed by atoms with E-state index in [0.717, 1.165) is 23.5 Å². The van der Waals surface area contributed by atoms with Gasteiger partial charge in [0.15, 0.2) is 0 Å². The number of rotatable bonds is 6. The van der Waals surface area contributed by atoms with Crippen molar-refractivity contribution in [1.82, 2.24) is 10.3 Å². The van der Waals surface area contributed by atoms with Gasteiger partial charge in [0.2, 0.25) is 5.91 Å². The van der Waals surface area contributed by atoms with Gasteiger partial charge in [0.05, 0.1) is 6.54 Å². The minimum atomic E-state index is -0.0994. The molecule has 0 aromatic carbocycles. The largest absolute Gasteiger partial charge is 0.350 e. The highest BCUT2D eigenvalue weighted by Gasteiger charge is 2.10. The summed E-state index contributed by atoms with van der Waals surface area (Å²) >= 11 is 1.10. The van der Waals surface area contributed by atoms with Crippen LogP contribution in [0.4, 0.5) is 0 Å². The van der Waals surface area contributed by atoms with Crippen LogP contribution in [0.2, 0.25) is 0 Å². The normalized spacial score (nSPS) is 12.4. The molecule has 1 atom stereocenters. The molecule has 1 rings (SSSR count). The van der Waals surface area contributed by atoms with Gasteiger partial charge in [0.1, 0.15) is 0 Å². The summed E-state index contributed by atoms with van der Waals surface area (Å²) in [5, 5.41) is 4.46. The number of amides is 1. The van der Waals surface area contributed by atoms with Gasteiger partial charge in [-0.25, -0.2) is 0 Å². The van der Waals surface area contributed by atoms with Crippen molar-refractivity contribution in [3.05, 3.63) is 20.7 Å². The molecule has 4 N–H and O–H groups in total. The Hall–Kier alpha value is -1.14. The van der Waals surface area contributed by atoms with E-state index in [1.54, 1.807) is 5.38 Å². The van der Waals surface area contributed by atoms with Gasteiger partial charge in [-0.15, -0.1) is 0 Å². The molecule has 1 amide bonds. The van der Waals surface area contributed by atoms with Crippen LogP contribution in [0.3, 0.4) is 0 Å². The van der Waals surface area contributed by atoms with Crippen LogP contribution >= 0.6 is 11.3 Å². The molecule has 0 aliphatic carbocycles. The Bertz CT molecular complexity index is 381. The quantitative estimate of drug-likeness (QED) is 0.677. The smallest absolute Gasteiger partial charge is 0.304 e. The van der Waals surface area contributed by atoms with E-state index < -0.39 is 0 Å². The highest BCUT2D eigenvalue weighted by atomic mass is 32.1. The summed E-state index contributed by atoms with van der Waals surface area (Å²) in [5.41, 5.74) is 6.26. The van der Waals surface area contributed by atoms with Crippen molar-refractivity contribution in [2.24, 2.45) is 11.7 Å². The SMILES string of the molecule is CCC(CN)CC(=O)NCc1csc(=O)[nH]1. The Kier molecular flexibility index (Phi) is 5.21. The Morgan fingerprint density at radius 1 is 1.69 bits per heavy atom. The summed E-state index contributed by atoms with van der Waals surface area (Å²) in [5.74, 6) is 0.214. The monoisotopic (exact) mass is 243 g/mol. The maximum atomic E-state index is 11.5. The van der Waals surface area contributed by atoms with E-state index in [0.29, 0.717) is 19.5 Å². The van der Waals surface area contributed by atoms with Crippen LogP contribution in [-0.2, 0) is 11.3 Å². The Labute approximate surface area is 98.1 Å². The Morgan fingerprint density at radius 2 is 2.44 bits per heavy atom. The maximum Gasteiger partial charge on any atom is 0.304 e. The van der Waals surface area contributed by atoms with Crippen LogP contribution in [0.5, 0.6) is 0 Å². The summed E-state index contributed by atoms with van der Waals surface area (Å²) in [6.07, 6.45) is 1.35. The molecule has 0 radical (unpaired) electrons. The molecule has 1 unspecified atom stereocenters. The number of carbonyl (C=O) groups excluding carboxylic acids is 1. The number of H-pyrrole nitrogens is 1. The molecule has 6 heteroatoms. The molecule has 16 heavy (non-hydrogen) atoms. The van der Waals surface area contributed by atoms with Gasteiger partial charge in [-0.05, 0) is 12.5 Å². The summed E-state index contributed by atoms with van der Waals surface area (Å²) in [6, 6.07) is 0. The molecule has 0 spiro atoms. The molecule has 90 valence electrons. The predicted octanol–water partition coefficient (Wildman–Crippen LogP) is 0.428. The minimum Gasteiger partial charge on any atom is -0.350 e. The molecule has 5 nitrogen and oxygen atoms in total. The van der Waals surface area contributed by atoms with E-state index in [1.165, 1.54) is 0 Å². The van der Waals surface area contributed by atoms with Gasteiger partial charge in [-0.1, -0.05) is 24.7 Å². The summed E-state index contributed by atoms with van der Waals surface area (Å²) in [4.78, 5) is 24.9. The average Bonchev–Trinajstić information content (AvgIpc) is 2.69. The fourth-order valence-electron chi connectivity index (χ4n) is 1.32. The molecule has 0 saturated carbocycles. The molecule has 0 bridgehead atoms. The van der Waals surface area contributed by atoms with E-state index in [4.69, 9.17) is 5.73 Å². The number of nitrogens with one attached hydrogen (secondary N) is 2. The Morgan fingerprint density at radius 3 is 2.94 bits per heavy atom. The zero-order valence-electron chi connectivity index (χ0n) is 9.29. The molecular formula is C10H17N3O2S. The fourth-order valence-corrected chi connectivity index (χ4v) is 1.90. The van der Waals surface area contributed by atoms with Crippen LogP contribution in [0.15, 0.2) is 10.2 Å². The standard InChI is InChI=1S/C10H17N3O2S/c1-2-7(4-11)3-9(14)12-5-8-6-16-10(15)13-8/h6-7H,2-5,11H2,1H3,(H,12,14)(H,13,15). The third kappa shape index (κ3) is 4.16. The van der Waals surface area contributed by atoms with Crippen LogP contribution < -0.4 is 15.9 Å². The van der Waals surface area contributed by atoms with Crippen molar-refractivity contribution in [3.63, 3.8) is 0 Å². The van der Waals surface area contributed by atoms with Crippen molar-refractivity contribution >= 4 is 17.2 Å². The van der Waals surface area contributed by atoms with Gasteiger partial charge in [0.25, 0.3) is 0 Å². The number of nitrogens with two attached hydrogens (primary N) is 1. The second kappa shape index (κ2) is 6.44. The molecule has 1 heterocycles. The minimum absolute atomic E-state index is 0.0238. The van der Waals surface area contributed by atoms with E-state index in [1.807, 2.05) is 6.92 Å². The van der Waals surface area contributed by atoms with E-state index in [-0.39, 0.29) is 16.7 Å². The highest BCUT2D eigenvalue weighted by Crippen LogP contribution is 2.05. The zero-order valence-corrected chi connectivity index (χ0v) is 10.1. The number of hydrogen-bond acceptors (Lipinski definition) is 4. The molecular weight excluding hydrogens is 226 g/mol. The van der Waals surface area contributed by atoms with Crippen molar-refractivity contribution in [1.29, 1.82) is 0 Å². The zero-order chi connectivity index (χ0) is 12.0. The lowest BCUT2D eigenvalue weighted by Gasteiger charge is -2.11. The lowest BCUT2D eigenvalue weighted by atomic mass is 10.0. The second-order valence-corrected chi connectivity index (χ2v) is 4.51. The molecule has 1 aromatic heterocycles. The first-order valence-electron chi connectivity index (χ1n) is 5.29. The first-order valence-corrected chi connectivity index (χ1v) is 6.17. The maximum absolute atomic E-state index is 11.5. The third-order valence-corrected chi connectivity index (χ3v) is 3.15. The van der Waals surface area contributed by atoms with Crippen LogP contribution in [-0.4, -0.2) is 17.4 Å². The topological polar surface area (TPSA) is 88.0 Å². The Balaban J connectivity index is 2.32. The van der Waals surface area contributed by atoms with Crippen molar-refractivity contribution < 1.29 is 4.79 Å². The number of aromatic amines is 1. The molecule has 1 aromatic rings. The molecule has 0 aliphatic heterocycles. The fraction of sp³-hybridized carbons (Fsp3) is 0.600.